The van der Waals surface area contributed by atoms with Gasteiger partial charge in [-0.3, -0.25) is 0 Å². The second kappa shape index (κ2) is 3.45. The van der Waals surface area contributed by atoms with Crippen molar-refractivity contribution in [3.8, 4) is 11.5 Å². The van der Waals surface area contributed by atoms with Gasteiger partial charge < -0.3 is 15.5 Å². The lowest BCUT2D eigenvalue weighted by Gasteiger charge is -2.13. The summed E-state index contributed by atoms with van der Waals surface area (Å²) >= 11 is 0. The van der Waals surface area contributed by atoms with E-state index < -0.39 is 0 Å². The highest BCUT2D eigenvalue weighted by Gasteiger charge is 2.12. The summed E-state index contributed by atoms with van der Waals surface area (Å²) in [5.74, 6) is 0.244. The molecule has 0 radical (unpaired) electrons. The maximum Gasteiger partial charge on any atom is 0.124 e. The van der Waals surface area contributed by atoms with Crippen LogP contribution in [-0.4, -0.2) is 17.3 Å². The monoisotopic (exact) mass is 167 g/mol. The molecule has 0 saturated carbocycles. The summed E-state index contributed by atoms with van der Waals surface area (Å²) in [4.78, 5) is 0. The van der Waals surface area contributed by atoms with Crippen LogP contribution in [0.2, 0.25) is 0 Å². The first-order valence-electron chi connectivity index (χ1n) is 3.85. The molecular formula is C9H13NO2. The molecule has 3 nitrogen and oxygen atoms in total. The van der Waals surface area contributed by atoms with E-state index in [2.05, 4.69) is 5.32 Å². The van der Waals surface area contributed by atoms with Crippen LogP contribution in [0.25, 0.3) is 0 Å². The van der Waals surface area contributed by atoms with E-state index in [0.717, 1.165) is 0 Å². The number of aromatic hydroxyl groups is 2. The first-order valence-corrected chi connectivity index (χ1v) is 3.85. The lowest BCUT2D eigenvalue weighted by atomic mass is 10.1. The SMILES string of the molecule is CNC(C)c1c(O)cccc1O. The quantitative estimate of drug-likeness (QED) is 0.623. The summed E-state index contributed by atoms with van der Waals surface area (Å²) in [6.07, 6.45) is 0. The molecule has 1 aromatic carbocycles. The van der Waals surface area contributed by atoms with Gasteiger partial charge >= 0.3 is 0 Å². The van der Waals surface area contributed by atoms with Crippen LogP contribution in [0.3, 0.4) is 0 Å². The summed E-state index contributed by atoms with van der Waals surface area (Å²) < 4.78 is 0. The summed E-state index contributed by atoms with van der Waals surface area (Å²) in [7, 11) is 1.77. The van der Waals surface area contributed by atoms with E-state index in [4.69, 9.17) is 0 Å². The molecule has 12 heavy (non-hydrogen) atoms. The molecule has 0 aliphatic carbocycles. The van der Waals surface area contributed by atoms with Crippen LogP contribution in [0.4, 0.5) is 0 Å². The molecule has 1 rings (SSSR count). The van der Waals surface area contributed by atoms with Gasteiger partial charge in [-0.2, -0.15) is 0 Å². The molecule has 0 aliphatic heterocycles. The van der Waals surface area contributed by atoms with Crippen molar-refractivity contribution in [1.29, 1.82) is 0 Å². The minimum atomic E-state index is -0.0498. The topological polar surface area (TPSA) is 52.5 Å². The summed E-state index contributed by atoms with van der Waals surface area (Å²) in [5.41, 5.74) is 0.542. The van der Waals surface area contributed by atoms with Gasteiger partial charge in [0.25, 0.3) is 0 Å². The van der Waals surface area contributed by atoms with Gasteiger partial charge in [0, 0.05) is 6.04 Å². The summed E-state index contributed by atoms with van der Waals surface area (Å²) in [6, 6.07) is 4.67. The molecule has 0 aliphatic rings. The standard InChI is InChI=1S/C9H13NO2/c1-6(10-2)9-7(11)4-3-5-8(9)12/h3-6,10-12H,1-2H3. The van der Waals surface area contributed by atoms with E-state index in [0.29, 0.717) is 5.56 Å². The molecule has 0 saturated heterocycles. The molecule has 0 aromatic heterocycles. The number of hydrogen-bond donors (Lipinski definition) is 3. The molecule has 66 valence electrons. The van der Waals surface area contributed by atoms with Crippen LogP contribution in [0.5, 0.6) is 11.5 Å². The number of hydrogen-bond acceptors (Lipinski definition) is 3. The van der Waals surface area contributed by atoms with Gasteiger partial charge in [-0.05, 0) is 26.1 Å². The highest BCUT2D eigenvalue weighted by molar-refractivity contribution is 5.44. The zero-order chi connectivity index (χ0) is 9.14. The maximum atomic E-state index is 9.39. The van der Waals surface area contributed by atoms with E-state index >= 15 is 0 Å². The Bertz CT molecular complexity index is 253. The number of phenolic OH excluding ortho intramolecular Hbond substituents is 2. The Balaban J connectivity index is 3.12. The molecule has 1 atom stereocenters. The number of nitrogens with one attached hydrogen (secondary N) is 1. The molecule has 0 fully saturated rings. The largest absolute Gasteiger partial charge is 0.507 e. The second-order valence-corrected chi connectivity index (χ2v) is 2.72. The Morgan fingerprint density at radius 1 is 1.25 bits per heavy atom. The smallest absolute Gasteiger partial charge is 0.124 e. The fraction of sp³-hybridized carbons (Fsp3) is 0.333. The van der Waals surface area contributed by atoms with E-state index in [1.165, 1.54) is 0 Å². The van der Waals surface area contributed by atoms with Crippen LogP contribution in [0.15, 0.2) is 18.2 Å². The zero-order valence-electron chi connectivity index (χ0n) is 7.20. The first kappa shape index (κ1) is 8.87. The van der Waals surface area contributed by atoms with Crippen molar-refractivity contribution >= 4 is 0 Å². The molecule has 0 bridgehead atoms. The van der Waals surface area contributed by atoms with E-state index in [1.807, 2.05) is 6.92 Å². The van der Waals surface area contributed by atoms with Gasteiger partial charge in [-0.25, -0.2) is 0 Å². The number of rotatable bonds is 2. The predicted molar refractivity (Wildman–Crippen MR) is 47.2 cm³/mol. The minimum absolute atomic E-state index is 0.0498. The first-order chi connectivity index (χ1) is 5.66. The second-order valence-electron chi connectivity index (χ2n) is 2.72. The van der Waals surface area contributed by atoms with Gasteiger partial charge in [0.15, 0.2) is 0 Å². The predicted octanol–water partition coefficient (Wildman–Crippen LogP) is 1.38. The van der Waals surface area contributed by atoms with E-state index in [9.17, 15) is 10.2 Å². The number of benzene rings is 1. The average Bonchev–Trinajstić information content (AvgIpc) is 2.03. The molecule has 1 unspecified atom stereocenters. The Morgan fingerprint density at radius 3 is 2.17 bits per heavy atom. The van der Waals surface area contributed by atoms with E-state index in [1.54, 1.807) is 25.2 Å². The molecule has 0 heterocycles. The van der Waals surface area contributed by atoms with Crippen LogP contribution >= 0.6 is 0 Å². The van der Waals surface area contributed by atoms with Crippen LogP contribution in [-0.2, 0) is 0 Å². The molecule has 1 aromatic rings. The Morgan fingerprint density at radius 2 is 1.75 bits per heavy atom. The van der Waals surface area contributed by atoms with Crippen molar-refractivity contribution in [2.45, 2.75) is 13.0 Å². The third-order valence-corrected chi connectivity index (χ3v) is 1.93. The van der Waals surface area contributed by atoms with Crippen molar-refractivity contribution in [3.63, 3.8) is 0 Å². The van der Waals surface area contributed by atoms with Crippen LogP contribution in [0.1, 0.15) is 18.5 Å². The molecule has 0 amide bonds. The maximum absolute atomic E-state index is 9.39. The number of phenols is 2. The third-order valence-electron chi connectivity index (χ3n) is 1.93. The van der Waals surface area contributed by atoms with E-state index in [-0.39, 0.29) is 17.5 Å². The Kier molecular flexibility index (Phi) is 2.55. The van der Waals surface area contributed by atoms with Crippen molar-refractivity contribution in [1.82, 2.24) is 5.32 Å². The highest BCUT2D eigenvalue weighted by atomic mass is 16.3. The molecular weight excluding hydrogens is 154 g/mol. The zero-order valence-corrected chi connectivity index (χ0v) is 7.20. The van der Waals surface area contributed by atoms with Gasteiger partial charge in [0.1, 0.15) is 11.5 Å². The van der Waals surface area contributed by atoms with Crippen LogP contribution in [0, 0.1) is 0 Å². The normalized spacial score (nSPS) is 12.8. The molecule has 0 spiro atoms. The highest BCUT2D eigenvalue weighted by Crippen LogP contribution is 2.31. The fourth-order valence-corrected chi connectivity index (χ4v) is 1.13. The van der Waals surface area contributed by atoms with Gasteiger partial charge in [0.2, 0.25) is 0 Å². The minimum Gasteiger partial charge on any atom is -0.507 e. The van der Waals surface area contributed by atoms with Gasteiger partial charge in [0.05, 0.1) is 5.56 Å². The fourth-order valence-electron chi connectivity index (χ4n) is 1.13. The molecule has 3 heteroatoms. The Hall–Kier alpha value is -1.22. The van der Waals surface area contributed by atoms with Gasteiger partial charge in [-0.1, -0.05) is 6.07 Å². The third kappa shape index (κ3) is 1.51. The lowest BCUT2D eigenvalue weighted by molar-refractivity contribution is 0.424. The van der Waals surface area contributed by atoms with Crippen molar-refractivity contribution in [2.75, 3.05) is 7.05 Å². The van der Waals surface area contributed by atoms with Crippen molar-refractivity contribution < 1.29 is 10.2 Å². The van der Waals surface area contributed by atoms with Crippen LogP contribution < -0.4 is 5.32 Å². The Labute approximate surface area is 71.7 Å². The molecule has 3 N–H and O–H groups in total. The average molecular weight is 167 g/mol. The van der Waals surface area contributed by atoms with Crippen molar-refractivity contribution in [2.24, 2.45) is 0 Å². The van der Waals surface area contributed by atoms with Crippen molar-refractivity contribution in [3.05, 3.63) is 23.8 Å². The van der Waals surface area contributed by atoms with Gasteiger partial charge in [-0.15, -0.1) is 0 Å². The summed E-state index contributed by atoms with van der Waals surface area (Å²) in [6.45, 7) is 1.87. The summed E-state index contributed by atoms with van der Waals surface area (Å²) in [5, 5.41) is 21.7. The lowest BCUT2D eigenvalue weighted by Crippen LogP contribution is -2.12.